The zero-order chi connectivity index (χ0) is 14.5. The van der Waals surface area contributed by atoms with Crippen molar-refractivity contribution in [3.8, 4) is 11.4 Å². The number of para-hydroxylation sites is 1. The van der Waals surface area contributed by atoms with E-state index < -0.39 is 0 Å². The molecule has 22 heavy (non-hydrogen) atoms. The van der Waals surface area contributed by atoms with Crippen molar-refractivity contribution in [2.24, 2.45) is 0 Å². The minimum absolute atomic E-state index is 0. The van der Waals surface area contributed by atoms with E-state index in [1.807, 2.05) is 54.6 Å². The molecule has 2 aromatic carbocycles. The van der Waals surface area contributed by atoms with Crippen LogP contribution in [-0.4, -0.2) is 30.2 Å². The first-order chi connectivity index (χ1) is 10.4. The summed E-state index contributed by atoms with van der Waals surface area (Å²) in [5.41, 5.74) is 1.95. The molecule has 0 saturated heterocycles. The normalized spacial score (nSPS) is 10.2. The van der Waals surface area contributed by atoms with Crippen molar-refractivity contribution < 1.29 is 6.16 Å². The molecule has 0 bridgehead atoms. The Morgan fingerprint density at radius 3 is 2.50 bits per heavy atom. The number of aromatic nitrogens is 2. The van der Waals surface area contributed by atoms with Gasteiger partial charge in [-0.25, -0.2) is 9.97 Å². The van der Waals surface area contributed by atoms with E-state index >= 15 is 0 Å². The van der Waals surface area contributed by atoms with Gasteiger partial charge in [-0.1, -0.05) is 42.5 Å². The van der Waals surface area contributed by atoms with E-state index in [9.17, 15) is 0 Å². The van der Waals surface area contributed by atoms with Gasteiger partial charge >= 0.3 is 0 Å². The largest absolute Gasteiger partial charge is 0.383 e. The van der Waals surface area contributed by atoms with Crippen molar-refractivity contribution in [3.63, 3.8) is 0 Å². The van der Waals surface area contributed by atoms with Gasteiger partial charge in [0.1, 0.15) is 5.82 Å². The van der Waals surface area contributed by atoms with Crippen LogP contribution in [0, 0.1) is 0 Å². The van der Waals surface area contributed by atoms with Gasteiger partial charge in [-0.2, -0.15) is 0 Å². The molecular formula is C17H20ClN3O. The van der Waals surface area contributed by atoms with Gasteiger partial charge in [-0.3, -0.25) is 0 Å². The Morgan fingerprint density at radius 1 is 1.00 bits per heavy atom. The number of nitrogens with one attached hydrogen (secondary N) is 1. The first kappa shape index (κ1) is 16.2. The van der Waals surface area contributed by atoms with Gasteiger partial charge in [0.05, 0.1) is 12.1 Å². The number of hydrogen-bond donors (Lipinski definition) is 1. The summed E-state index contributed by atoms with van der Waals surface area (Å²) in [5.74, 6) is 1.57. The molecule has 116 valence electrons. The standard InChI is InChI=1S/C17H17N3O.ClH.H2/c1-21-12-11-18-17-14-9-5-6-10-15(14)19-16(20-17)13-7-3-2-4-8-13;;/h2-10H,11-12H2,1H3,(H,18,19,20);2*1H. The van der Waals surface area contributed by atoms with E-state index in [4.69, 9.17) is 4.74 Å². The number of nitrogens with zero attached hydrogens (tertiary/aromatic N) is 2. The second-order valence-corrected chi connectivity index (χ2v) is 4.70. The Balaban J connectivity index is 0.00000132. The Morgan fingerprint density at radius 2 is 1.73 bits per heavy atom. The smallest absolute Gasteiger partial charge is 0.162 e. The SMILES string of the molecule is COCCNc1nc(-c2ccccc2)nc2ccccc12.Cl.[HH]. The third-order valence-corrected chi connectivity index (χ3v) is 3.23. The van der Waals surface area contributed by atoms with Gasteiger partial charge in [0.25, 0.3) is 0 Å². The molecule has 0 spiro atoms. The molecule has 1 N–H and O–H groups in total. The lowest BCUT2D eigenvalue weighted by atomic mass is 10.2. The average molecular weight is 318 g/mol. The van der Waals surface area contributed by atoms with Gasteiger partial charge in [0, 0.05) is 26.0 Å². The van der Waals surface area contributed by atoms with Crippen LogP contribution in [0.3, 0.4) is 0 Å². The predicted molar refractivity (Wildman–Crippen MR) is 94.7 cm³/mol. The number of methoxy groups -OCH3 is 1. The molecule has 0 aliphatic rings. The van der Waals surface area contributed by atoms with Gasteiger partial charge < -0.3 is 10.1 Å². The van der Waals surface area contributed by atoms with E-state index in [2.05, 4.69) is 15.3 Å². The van der Waals surface area contributed by atoms with Crippen LogP contribution in [0.5, 0.6) is 0 Å². The minimum atomic E-state index is 0. The molecule has 0 unspecified atom stereocenters. The maximum Gasteiger partial charge on any atom is 0.162 e. The molecule has 1 heterocycles. The van der Waals surface area contributed by atoms with Gasteiger partial charge in [-0.05, 0) is 12.1 Å². The fourth-order valence-corrected chi connectivity index (χ4v) is 2.20. The minimum Gasteiger partial charge on any atom is -0.383 e. The highest BCUT2D eigenvalue weighted by molar-refractivity contribution is 5.90. The predicted octanol–water partition coefficient (Wildman–Crippen LogP) is 4.02. The summed E-state index contributed by atoms with van der Waals surface area (Å²) in [6.07, 6.45) is 0. The monoisotopic (exact) mass is 317 g/mol. The van der Waals surface area contributed by atoms with Gasteiger partial charge in [0.2, 0.25) is 0 Å². The summed E-state index contributed by atoms with van der Waals surface area (Å²) in [7, 11) is 1.69. The van der Waals surface area contributed by atoms with Crippen molar-refractivity contribution in [1.82, 2.24) is 9.97 Å². The fraction of sp³-hybridized carbons (Fsp3) is 0.176. The second-order valence-electron chi connectivity index (χ2n) is 4.70. The van der Waals surface area contributed by atoms with E-state index in [-0.39, 0.29) is 13.8 Å². The lowest BCUT2D eigenvalue weighted by Gasteiger charge is -2.10. The van der Waals surface area contributed by atoms with Crippen molar-refractivity contribution in [1.29, 1.82) is 0 Å². The Bertz CT molecular complexity index is 740. The molecule has 0 radical (unpaired) electrons. The van der Waals surface area contributed by atoms with Crippen molar-refractivity contribution in [2.75, 3.05) is 25.6 Å². The fourth-order valence-electron chi connectivity index (χ4n) is 2.20. The number of fused-ring (bicyclic) bond motifs is 1. The summed E-state index contributed by atoms with van der Waals surface area (Å²) in [6, 6.07) is 18.0. The molecular weight excluding hydrogens is 298 g/mol. The second kappa shape index (κ2) is 7.73. The van der Waals surface area contributed by atoms with Gasteiger partial charge in [-0.15, -0.1) is 12.4 Å². The van der Waals surface area contributed by atoms with Crippen molar-refractivity contribution in [2.45, 2.75) is 0 Å². The molecule has 1 aromatic heterocycles. The lowest BCUT2D eigenvalue weighted by molar-refractivity contribution is 0.210. The topological polar surface area (TPSA) is 47.0 Å². The van der Waals surface area contributed by atoms with Crippen molar-refractivity contribution in [3.05, 3.63) is 54.6 Å². The molecule has 5 heteroatoms. The van der Waals surface area contributed by atoms with E-state index in [0.717, 1.165) is 28.1 Å². The number of anilines is 1. The molecule has 0 atom stereocenters. The molecule has 0 aliphatic heterocycles. The van der Waals surface area contributed by atoms with Crippen LogP contribution in [0.2, 0.25) is 0 Å². The number of halogens is 1. The molecule has 0 fully saturated rings. The maximum atomic E-state index is 5.08. The number of hydrogen-bond acceptors (Lipinski definition) is 4. The first-order valence-electron chi connectivity index (χ1n) is 6.93. The summed E-state index contributed by atoms with van der Waals surface area (Å²) in [6.45, 7) is 1.35. The number of ether oxygens (including phenoxy) is 1. The van der Waals surface area contributed by atoms with Crippen LogP contribution in [-0.2, 0) is 4.74 Å². The molecule has 0 aliphatic carbocycles. The summed E-state index contributed by atoms with van der Waals surface area (Å²) >= 11 is 0. The van der Waals surface area contributed by atoms with Crippen LogP contribution in [0.25, 0.3) is 22.3 Å². The Labute approximate surface area is 137 Å². The van der Waals surface area contributed by atoms with Crippen LogP contribution >= 0.6 is 12.4 Å². The van der Waals surface area contributed by atoms with Crippen LogP contribution < -0.4 is 5.32 Å². The average Bonchev–Trinajstić information content (AvgIpc) is 2.55. The highest BCUT2D eigenvalue weighted by atomic mass is 35.5. The Hall–Kier alpha value is -2.17. The zero-order valence-corrected chi connectivity index (χ0v) is 13.1. The van der Waals surface area contributed by atoms with E-state index in [1.54, 1.807) is 7.11 Å². The third kappa shape index (κ3) is 3.53. The third-order valence-electron chi connectivity index (χ3n) is 3.23. The van der Waals surface area contributed by atoms with Gasteiger partial charge in [0.15, 0.2) is 5.82 Å². The lowest BCUT2D eigenvalue weighted by Crippen LogP contribution is -2.10. The Kier molecular flexibility index (Phi) is 5.69. The molecule has 3 rings (SSSR count). The van der Waals surface area contributed by atoms with E-state index in [0.29, 0.717) is 13.2 Å². The molecule has 0 saturated carbocycles. The van der Waals surface area contributed by atoms with Crippen molar-refractivity contribution >= 4 is 29.1 Å². The van der Waals surface area contributed by atoms with Crippen LogP contribution in [0.1, 0.15) is 1.43 Å². The van der Waals surface area contributed by atoms with Crippen LogP contribution in [0.15, 0.2) is 54.6 Å². The molecule has 4 nitrogen and oxygen atoms in total. The van der Waals surface area contributed by atoms with Crippen LogP contribution in [0.4, 0.5) is 5.82 Å². The number of benzene rings is 2. The molecule has 0 amide bonds. The molecule has 3 aromatic rings. The first-order valence-corrected chi connectivity index (χ1v) is 6.93. The highest BCUT2D eigenvalue weighted by Gasteiger charge is 2.08. The summed E-state index contributed by atoms with van der Waals surface area (Å²) in [5, 5.41) is 4.34. The van der Waals surface area contributed by atoms with E-state index in [1.165, 1.54) is 0 Å². The summed E-state index contributed by atoms with van der Waals surface area (Å²) in [4.78, 5) is 9.32. The maximum absolute atomic E-state index is 5.08. The highest BCUT2D eigenvalue weighted by Crippen LogP contribution is 2.24. The zero-order valence-electron chi connectivity index (χ0n) is 12.3. The number of rotatable bonds is 5. The quantitative estimate of drug-likeness (QED) is 0.722. The summed E-state index contributed by atoms with van der Waals surface area (Å²) < 4.78 is 5.08.